The molecule has 0 aliphatic carbocycles. The summed E-state index contributed by atoms with van der Waals surface area (Å²) in [7, 11) is 0. The Morgan fingerprint density at radius 2 is 1.95 bits per heavy atom. The Hall–Kier alpha value is -2.36. The van der Waals surface area contributed by atoms with Crippen molar-refractivity contribution in [2.75, 3.05) is 13.2 Å². The van der Waals surface area contributed by atoms with Crippen molar-refractivity contribution >= 4 is 5.91 Å². The van der Waals surface area contributed by atoms with Crippen LogP contribution in [0.1, 0.15) is 16.7 Å². The third-order valence-electron chi connectivity index (χ3n) is 3.33. The zero-order valence-electron chi connectivity index (χ0n) is 12.9. The monoisotopic (exact) mass is 301 g/mol. The lowest BCUT2D eigenvalue weighted by Crippen LogP contribution is -2.29. The third kappa shape index (κ3) is 4.58. The molecule has 0 aliphatic heterocycles. The highest BCUT2D eigenvalue weighted by atomic mass is 19.1. The average Bonchev–Trinajstić information content (AvgIpc) is 2.49. The van der Waals surface area contributed by atoms with E-state index in [1.165, 1.54) is 6.07 Å². The Labute approximate surface area is 130 Å². The van der Waals surface area contributed by atoms with Gasteiger partial charge in [0.1, 0.15) is 18.2 Å². The van der Waals surface area contributed by atoms with Crippen LogP contribution in [0.2, 0.25) is 0 Å². The van der Waals surface area contributed by atoms with Crippen LogP contribution in [0.15, 0.2) is 42.5 Å². The maximum atomic E-state index is 13.4. The summed E-state index contributed by atoms with van der Waals surface area (Å²) in [5.74, 6) is 0.252. The highest BCUT2D eigenvalue weighted by Crippen LogP contribution is 2.18. The van der Waals surface area contributed by atoms with Gasteiger partial charge in [0.15, 0.2) is 0 Å². The van der Waals surface area contributed by atoms with E-state index in [0.29, 0.717) is 18.7 Å². The van der Waals surface area contributed by atoms with Crippen LogP contribution in [0.5, 0.6) is 5.75 Å². The molecule has 0 unspecified atom stereocenters. The van der Waals surface area contributed by atoms with Crippen molar-refractivity contribution < 1.29 is 13.9 Å². The molecule has 0 saturated heterocycles. The lowest BCUT2D eigenvalue weighted by Gasteiger charge is -2.11. The zero-order valence-corrected chi connectivity index (χ0v) is 12.9. The molecular formula is C18H20FNO2. The molecule has 0 radical (unpaired) electrons. The Kier molecular flexibility index (Phi) is 5.53. The van der Waals surface area contributed by atoms with E-state index in [1.807, 2.05) is 32.0 Å². The highest BCUT2D eigenvalue weighted by Gasteiger charge is 2.07. The molecule has 4 heteroatoms. The van der Waals surface area contributed by atoms with Crippen LogP contribution < -0.4 is 10.1 Å². The number of halogens is 1. The second kappa shape index (κ2) is 7.59. The van der Waals surface area contributed by atoms with Gasteiger partial charge in [-0.2, -0.15) is 0 Å². The van der Waals surface area contributed by atoms with E-state index in [-0.39, 0.29) is 18.1 Å². The van der Waals surface area contributed by atoms with E-state index in [4.69, 9.17) is 4.74 Å². The SMILES string of the molecule is Cc1ccc(C)c(OCCNC(=O)Cc2ccccc2F)c1. The molecule has 2 rings (SSSR count). The van der Waals surface area contributed by atoms with Gasteiger partial charge in [0.05, 0.1) is 13.0 Å². The second-order valence-electron chi connectivity index (χ2n) is 5.24. The molecule has 0 spiro atoms. The van der Waals surface area contributed by atoms with Crippen LogP contribution in [-0.4, -0.2) is 19.1 Å². The number of rotatable bonds is 6. The first-order valence-electron chi connectivity index (χ1n) is 7.26. The molecule has 0 atom stereocenters. The molecule has 0 aromatic heterocycles. The molecule has 1 amide bonds. The Balaban J connectivity index is 1.76. The van der Waals surface area contributed by atoms with Gasteiger partial charge < -0.3 is 10.1 Å². The van der Waals surface area contributed by atoms with Crippen LogP contribution >= 0.6 is 0 Å². The topological polar surface area (TPSA) is 38.3 Å². The average molecular weight is 301 g/mol. The van der Waals surface area contributed by atoms with Crippen molar-refractivity contribution in [1.82, 2.24) is 5.32 Å². The van der Waals surface area contributed by atoms with E-state index in [2.05, 4.69) is 5.32 Å². The van der Waals surface area contributed by atoms with Gasteiger partial charge in [0.25, 0.3) is 0 Å². The summed E-state index contributed by atoms with van der Waals surface area (Å²) in [6.07, 6.45) is 0.0378. The summed E-state index contributed by atoms with van der Waals surface area (Å²) in [5, 5.41) is 2.73. The zero-order chi connectivity index (χ0) is 15.9. The van der Waals surface area contributed by atoms with E-state index in [1.54, 1.807) is 18.2 Å². The predicted molar refractivity (Wildman–Crippen MR) is 84.5 cm³/mol. The lowest BCUT2D eigenvalue weighted by molar-refractivity contribution is -0.120. The van der Waals surface area contributed by atoms with Crippen LogP contribution in [0, 0.1) is 19.7 Å². The van der Waals surface area contributed by atoms with E-state index in [0.717, 1.165) is 16.9 Å². The third-order valence-corrected chi connectivity index (χ3v) is 3.33. The van der Waals surface area contributed by atoms with Crippen LogP contribution in [0.3, 0.4) is 0 Å². The number of carbonyl (C=O) groups excluding carboxylic acids is 1. The quantitative estimate of drug-likeness (QED) is 0.832. The van der Waals surface area contributed by atoms with Crippen molar-refractivity contribution in [1.29, 1.82) is 0 Å². The van der Waals surface area contributed by atoms with Gasteiger partial charge in [-0.15, -0.1) is 0 Å². The summed E-state index contributed by atoms with van der Waals surface area (Å²) < 4.78 is 19.1. The molecule has 1 N–H and O–H groups in total. The second-order valence-corrected chi connectivity index (χ2v) is 5.24. The standard InChI is InChI=1S/C18H20FNO2/c1-13-7-8-14(2)17(11-13)22-10-9-20-18(21)12-15-5-3-4-6-16(15)19/h3-8,11H,9-10,12H2,1-2H3,(H,20,21). The van der Waals surface area contributed by atoms with Gasteiger partial charge in [-0.3, -0.25) is 4.79 Å². The molecule has 3 nitrogen and oxygen atoms in total. The number of nitrogens with one attached hydrogen (secondary N) is 1. The smallest absolute Gasteiger partial charge is 0.224 e. The fraction of sp³-hybridized carbons (Fsp3) is 0.278. The van der Waals surface area contributed by atoms with Gasteiger partial charge in [-0.05, 0) is 42.7 Å². The number of aryl methyl sites for hydroxylation is 2. The summed E-state index contributed by atoms with van der Waals surface area (Å²) in [5.41, 5.74) is 2.59. The summed E-state index contributed by atoms with van der Waals surface area (Å²) in [4.78, 5) is 11.8. The lowest BCUT2D eigenvalue weighted by atomic mass is 10.1. The van der Waals surface area contributed by atoms with Crippen LogP contribution in [0.25, 0.3) is 0 Å². The number of ether oxygens (including phenoxy) is 1. The number of carbonyl (C=O) groups is 1. The van der Waals surface area contributed by atoms with Crippen LogP contribution in [-0.2, 0) is 11.2 Å². The molecule has 2 aromatic rings. The number of amides is 1. The fourth-order valence-corrected chi connectivity index (χ4v) is 2.09. The fourth-order valence-electron chi connectivity index (χ4n) is 2.09. The molecule has 0 heterocycles. The maximum Gasteiger partial charge on any atom is 0.224 e. The van der Waals surface area contributed by atoms with Crippen molar-refractivity contribution in [3.05, 3.63) is 65.0 Å². The molecule has 0 saturated carbocycles. The normalized spacial score (nSPS) is 10.3. The number of benzene rings is 2. The maximum absolute atomic E-state index is 13.4. The van der Waals surface area contributed by atoms with Gasteiger partial charge >= 0.3 is 0 Å². The molecule has 0 aliphatic rings. The first-order valence-corrected chi connectivity index (χ1v) is 7.26. The van der Waals surface area contributed by atoms with Gasteiger partial charge in [-0.25, -0.2) is 4.39 Å². The minimum atomic E-state index is -0.357. The Bertz CT molecular complexity index is 655. The van der Waals surface area contributed by atoms with E-state index < -0.39 is 0 Å². The number of hydrogen-bond acceptors (Lipinski definition) is 2. The van der Waals surface area contributed by atoms with Crippen molar-refractivity contribution in [2.24, 2.45) is 0 Å². The van der Waals surface area contributed by atoms with Crippen molar-refractivity contribution in [2.45, 2.75) is 20.3 Å². The summed E-state index contributed by atoms with van der Waals surface area (Å²) in [6.45, 7) is 4.75. The minimum absolute atomic E-state index is 0.0378. The molecule has 0 fully saturated rings. The summed E-state index contributed by atoms with van der Waals surface area (Å²) in [6, 6.07) is 12.3. The van der Waals surface area contributed by atoms with E-state index in [9.17, 15) is 9.18 Å². The molecule has 22 heavy (non-hydrogen) atoms. The van der Waals surface area contributed by atoms with Gasteiger partial charge in [0, 0.05) is 0 Å². The first-order chi connectivity index (χ1) is 10.6. The minimum Gasteiger partial charge on any atom is -0.491 e. The molecule has 116 valence electrons. The van der Waals surface area contributed by atoms with Crippen molar-refractivity contribution in [3.63, 3.8) is 0 Å². The highest BCUT2D eigenvalue weighted by molar-refractivity contribution is 5.78. The molecular weight excluding hydrogens is 281 g/mol. The predicted octanol–water partition coefficient (Wildman–Crippen LogP) is 3.18. The summed E-state index contributed by atoms with van der Waals surface area (Å²) >= 11 is 0. The van der Waals surface area contributed by atoms with Crippen molar-refractivity contribution in [3.8, 4) is 5.75 Å². The first kappa shape index (κ1) is 16.0. The van der Waals surface area contributed by atoms with Crippen LogP contribution in [0.4, 0.5) is 4.39 Å². The molecule has 0 bridgehead atoms. The number of hydrogen-bond donors (Lipinski definition) is 1. The largest absolute Gasteiger partial charge is 0.491 e. The molecule has 2 aromatic carbocycles. The van der Waals surface area contributed by atoms with Gasteiger partial charge in [0.2, 0.25) is 5.91 Å². The Morgan fingerprint density at radius 3 is 2.73 bits per heavy atom. The van der Waals surface area contributed by atoms with Gasteiger partial charge in [-0.1, -0.05) is 30.3 Å². The Morgan fingerprint density at radius 1 is 1.18 bits per heavy atom. The van der Waals surface area contributed by atoms with E-state index >= 15 is 0 Å².